The Labute approximate surface area is 277 Å². The number of azo groups is 1. The number of nitriles is 1. The summed E-state index contributed by atoms with van der Waals surface area (Å²) < 4.78 is 1.27. The minimum absolute atomic E-state index is 0.000947. The zero-order valence-electron chi connectivity index (χ0n) is 29.6. The molecule has 8 heteroatoms. The number of carbonyl (C=O) groups is 1. The lowest BCUT2D eigenvalue weighted by Gasteiger charge is -2.31. The maximum Gasteiger partial charge on any atom is 0.271 e. The summed E-state index contributed by atoms with van der Waals surface area (Å²) in [5.41, 5.74) is 0.860. The van der Waals surface area contributed by atoms with Gasteiger partial charge in [0.25, 0.3) is 11.5 Å². The second-order valence-electron chi connectivity index (χ2n) is 12.9. The number of rotatable bonds is 21. The van der Waals surface area contributed by atoms with Crippen molar-refractivity contribution in [1.29, 1.82) is 5.26 Å². The molecule has 254 valence electrons. The van der Waals surface area contributed by atoms with E-state index in [1.165, 1.54) is 4.57 Å². The summed E-state index contributed by atoms with van der Waals surface area (Å²) in [6, 6.07) is 9.14. The number of amides is 1. The van der Waals surface area contributed by atoms with Gasteiger partial charge in [0.15, 0.2) is 5.69 Å². The SMILES string of the molecule is CCCCC(CC)CN(CC(CC)CCCC)C(=O)c1cccc(/N=N/c2c(C)c(C#N)c(=O)n(CC(CC)CCCC)c2O)c1. The fourth-order valence-corrected chi connectivity index (χ4v) is 6.09. The Morgan fingerprint density at radius 2 is 1.43 bits per heavy atom. The van der Waals surface area contributed by atoms with Crippen molar-refractivity contribution in [2.45, 2.75) is 132 Å². The van der Waals surface area contributed by atoms with Gasteiger partial charge in [-0.2, -0.15) is 10.4 Å². The summed E-state index contributed by atoms with van der Waals surface area (Å²) in [4.78, 5) is 29.2. The third-order valence-electron chi connectivity index (χ3n) is 9.44. The normalized spacial score (nSPS) is 13.4. The van der Waals surface area contributed by atoms with Gasteiger partial charge in [0.05, 0.1) is 5.69 Å². The van der Waals surface area contributed by atoms with E-state index in [9.17, 15) is 20.0 Å². The van der Waals surface area contributed by atoms with Crippen LogP contribution in [0.15, 0.2) is 39.3 Å². The molecule has 1 heterocycles. The van der Waals surface area contributed by atoms with Gasteiger partial charge in [0, 0.05) is 30.8 Å². The van der Waals surface area contributed by atoms with Crippen LogP contribution in [-0.2, 0) is 6.54 Å². The first-order chi connectivity index (χ1) is 22.2. The van der Waals surface area contributed by atoms with Crippen molar-refractivity contribution in [3.63, 3.8) is 0 Å². The van der Waals surface area contributed by atoms with Crippen LogP contribution >= 0.6 is 0 Å². The molecule has 0 spiro atoms. The number of nitrogens with zero attached hydrogens (tertiary/aromatic N) is 5. The summed E-state index contributed by atoms with van der Waals surface area (Å²) in [6.07, 6.45) is 12.8. The molecule has 8 nitrogen and oxygen atoms in total. The second-order valence-corrected chi connectivity index (χ2v) is 12.9. The van der Waals surface area contributed by atoms with E-state index >= 15 is 0 Å². The Kier molecular flexibility index (Phi) is 17.3. The number of carbonyl (C=O) groups excluding carboxylic acids is 1. The molecule has 0 aliphatic heterocycles. The number of pyridine rings is 1. The fraction of sp³-hybridized carbons (Fsp3) is 0.658. The maximum absolute atomic E-state index is 14.0. The zero-order chi connectivity index (χ0) is 34.1. The standard InChI is InChI=1S/C38H59N5O3/c1-8-14-18-29(11-4)25-42(26-30(12-5)19-15-9-2)36(44)32-21-17-22-33(23-32)40-41-35-28(7)34(24-39)37(45)43(38(35)46)27-31(13-6)20-16-10-3/h17,21-23,29-31,46H,8-16,18-20,25-27H2,1-7H3/b41-40+. The predicted molar refractivity (Wildman–Crippen MR) is 188 cm³/mol. The number of aromatic nitrogens is 1. The minimum atomic E-state index is -0.507. The highest BCUT2D eigenvalue weighted by atomic mass is 16.3. The van der Waals surface area contributed by atoms with Gasteiger partial charge in [0.1, 0.15) is 11.6 Å². The van der Waals surface area contributed by atoms with Crippen molar-refractivity contribution in [2.75, 3.05) is 13.1 Å². The highest BCUT2D eigenvalue weighted by Crippen LogP contribution is 2.33. The second kappa shape index (κ2) is 20.6. The summed E-state index contributed by atoms with van der Waals surface area (Å²) >= 11 is 0. The molecule has 1 aromatic heterocycles. The van der Waals surface area contributed by atoms with Gasteiger partial charge < -0.3 is 10.0 Å². The molecule has 0 bridgehead atoms. The molecule has 2 rings (SSSR count). The first-order valence-electron chi connectivity index (χ1n) is 17.9. The van der Waals surface area contributed by atoms with Crippen LogP contribution in [-0.4, -0.2) is 33.6 Å². The van der Waals surface area contributed by atoms with Crippen molar-refractivity contribution in [2.24, 2.45) is 28.0 Å². The number of hydrogen-bond donors (Lipinski definition) is 1. The summed E-state index contributed by atoms with van der Waals surface area (Å²) in [5, 5.41) is 29.8. The predicted octanol–water partition coefficient (Wildman–Crippen LogP) is 10.2. The van der Waals surface area contributed by atoms with E-state index in [1.54, 1.807) is 25.1 Å². The average molecular weight is 634 g/mol. The third-order valence-corrected chi connectivity index (χ3v) is 9.44. The van der Waals surface area contributed by atoms with Crippen LogP contribution in [0, 0.1) is 36.0 Å². The minimum Gasteiger partial charge on any atom is -0.493 e. The van der Waals surface area contributed by atoms with Gasteiger partial charge in [-0.1, -0.05) is 105 Å². The lowest BCUT2D eigenvalue weighted by molar-refractivity contribution is 0.0685. The highest BCUT2D eigenvalue weighted by molar-refractivity contribution is 5.95. The largest absolute Gasteiger partial charge is 0.493 e. The van der Waals surface area contributed by atoms with Crippen LogP contribution in [0.5, 0.6) is 5.88 Å². The Bertz CT molecular complexity index is 1340. The van der Waals surface area contributed by atoms with Crippen LogP contribution < -0.4 is 5.56 Å². The van der Waals surface area contributed by atoms with Gasteiger partial charge >= 0.3 is 0 Å². The summed E-state index contributed by atoms with van der Waals surface area (Å²) in [6.45, 7) is 16.4. The van der Waals surface area contributed by atoms with Crippen LogP contribution in [0.2, 0.25) is 0 Å². The van der Waals surface area contributed by atoms with E-state index in [4.69, 9.17) is 0 Å². The van der Waals surface area contributed by atoms with E-state index in [0.29, 0.717) is 35.2 Å². The van der Waals surface area contributed by atoms with E-state index in [1.807, 2.05) is 12.1 Å². The van der Waals surface area contributed by atoms with Gasteiger partial charge in [0.2, 0.25) is 5.88 Å². The Balaban J connectivity index is 2.46. The van der Waals surface area contributed by atoms with E-state index in [-0.39, 0.29) is 29.0 Å². The topological polar surface area (TPSA) is 111 Å². The zero-order valence-corrected chi connectivity index (χ0v) is 29.6. The van der Waals surface area contributed by atoms with E-state index in [2.05, 4.69) is 56.7 Å². The van der Waals surface area contributed by atoms with Crippen molar-refractivity contribution in [3.8, 4) is 11.9 Å². The molecule has 0 aliphatic rings. The molecule has 3 atom stereocenters. The van der Waals surface area contributed by atoms with Crippen LogP contribution in [0.1, 0.15) is 140 Å². The molecule has 0 saturated heterocycles. The molecular weight excluding hydrogens is 574 g/mol. The number of benzene rings is 1. The Hall–Kier alpha value is -3.47. The number of hydrogen-bond acceptors (Lipinski definition) is 6. The molecule has 3 unspecified atom stereocenters. The molecule has 0 radical (unpaired) electrons. The maximum atomic E-state index is 14.0. The molecule has 1 N–H and O–H groups in total. The van der Waals surface area contributed by atoms with E-state index < -0.39 is 5.56 Å². The van der Waals surface area contributed by atoms with Gasteiger partial charge in [-0.3, -0.25) is 14.2 Å². The molecule has 0 aliphatic carbocycles. The Morgan fingerprint density at radius 1 is 0.891 bits per heavy atom. The number of unbranched alkanes of at least 4 members (excludes halogenated alkanes) is 3. The van der Waals surface area contributed by atoms with E-state index in [0.717, 1.165) is 90.1 Å². The lowest BCUT2D eigenvalue weighted by atomic mass is 9.95. The van der Waals surface area contributed by atoms with Crippen LogP contribution in [0.3, 0.4) is 0 Å². The average Bonchev–Trinajstić information content (AvgIpc) is 3.07. The molecule has 0 fully saturated rings. The summed E-state index contributed by atoms with van der Waals surface area (Å²) in [5.74, 6) is 0.825. The molecule has 1 amide bonds. The first kappa shape index (κ1) is 38.7. The van der Waals surface area contributed by atoms with Crippen LogP contribution in [0.4, 0.5) is 11.4 Å². The quantitative estimate of drug-likeness (QED) is 0.138. The van der Waals surface area contributed by atoms with Crippen molar-refractivity contribution >= 4 is 17.3 Å². The van der Waals surface area contributed by atoms with Crippen molar-refractivity contribution < 1.29 is 9.90 Å². The fourth-order valence-electron chi connectivity index (χ4n) is 6.09. The Morgan fingerprint density at radius 3 is 1.93 bits per heavy atom. The van der Waals surface area contributed by atoms with Gasteiger partial charge in [-0.05, 0) is 62.1 Å². The highest BCUT2D eigenvalue weighted by Gasteiger charge is 2.24. The third kappa shape index (κ3) is 11.1. The van der Waals surface area contributed by atoms with Crippen LogP contribution in [0.25, 0.3) is 0 Å². The number of aromatic hydroxyl groups is 1. The van der Waals surface area contributed by atoms with Gasteiger partial charge in [-0.15, -0.1) is 5.11 Å². The lowest BCUT2D eigenvalue weighted by Crippen LogP contribution is -2.39. The molecule has 46 heavy (non-hydrogen) atoms. The molecule has 2 aromatic rings. The van der Waals surface area contributed by atoms with Crippen molar-refractivity contribution in [1.82, 2.24) is 9.47 Å². The molecule has 0 saturated carbocycles. The summed E-state index contributed by atoms with van der Waals surface area (Å²) in [7, 11) is 0. The molecule has 1 aromatic carbocycles. The smallest absolute Gasteiger partial charge is 0.271 e. The monoisotopic (exact) mass is 633 g/mol. The first-order valence-corrected chi connectivity index (χ1v) is 17.9. The van der Waals surface area contributed by atoms with Crippen molar-refractivity contribution in [3.05, 3.63) is 51.3 Å². The molecular formula is C38H59N5O3. The van der Waals surface area contributed by atoms with Gasteiger partial charge in [-0.25, -0.2) is 0 Å².